The van der Waals surface area contributed by atoms with Gasteiger partial charge in [-0.2, -0.15) is 0 Å². The Morgan fingerprint density at radius 1 is 1.47 bits per heavy atom. The standard InChI is InChI=1S/C13H19NO3/c1-10(12(15)17-13(2,3)4)16-9-11-6-5-7-14-8-11/h5-8,10H,9H2,1-4H3. The molecule has 0 saturated carbocycles. The fourth-order valence-corrected chi connectivity index (χ4v) is 1.16. The molecule has 1 aromatic rings. The Kier molecular flexibility index (Phi) is 4.63. The van der Waals surface area contributed by atoms with E-state index in [4.69, 9.17) is 9.47 Å². The Morgan fingerprint density at radius 2 is 2.18 bits per heavy atom. The van der Waals surface area contributed by atoms with Crippen LogP contribution in [0.15, 0.2) is 24.5 Å². The third kappa shape index (κ3) is 5.45. The molecule has 0 aliphatic heterocycles. The molecule has 0 radical (unpaired) electrons. The highest BCUT2D eigenvalue weighted by molar-refractivity contribution is 5.74. The lowest BCUT2D eigenvalue weighted by molar-refractivity contribution is -0.168. The molecule has 1 heterocycles. The van der Waals surface area contributed by atoms with Crippen LogP contribution >= 0.6 is 0 Å². The number of hydrogen-bond donors (Lipinski definition) is 0. The second-order valence-electron chi connectivity index (χ2n) is 4.85. The minimum absolute atomic E-state index is 0.346. The molecule has 1 rings (SSSR count). The Labute approximate surface area is 102 Å². The molecular weight excluding hydrogens is 218 g/mol. The molecule has 94 valence electrons. The van der Waals surface area contributed by atoms with Gasteiger partial charge in [0.25, 0.3) is 0 Å². The van der Waals surface area contributed by atoms with Crippen molar-refractivity contribution in [3.8, 4) is 0 Å². The van der Waals surface area contributed by atoms with Crippen LogP contribution in [0.3, 0.4) is 0 Å². The predicted octanol–water partition coefficient (Wildman–Crippen LogP) is 2.33. The molecule has 0 bridgehead atoms. The van der Waals surface area contributed by atoms with Crippen LogP contribution in [0.25, 0.3) is 0 Å². The molecule has 1 unspecified atom stereocenters. The molecule has 0 fully saturated rings. The van der Waals surface area contributed by atoms with Crippen LogP contribution in [0.2, 0.25) is 0 Å². The molecule has 4 heteroatoms. The summed E-state index contributed by atoms with van der Waals surface area (Å²) < 4.78 is 10.6. The number of esters is 1. The van der Waals surface area contributed by atoms with E-state index in [1.807, 2.05) is 32.9 Å². The highest BCUT2D eigenvalue weighted by Gasteiger charge is 2.22. The number of nitrogens with zero attached hydrogens (tertiary/aromatic N) is 1. The second kappa shape index (κ2) is 5.77. The summed E-state index contributed by atoms with van der Waals surface area (Å²) in [5, 5.41) is 0. The molecule has 0 aliphatic rings. The first kappa shape index (κ1) is 13.6. The van der Waals surface area contributed by atoms with Gasteiger partial charge in [0.1, 0.15) is 5.60 Å². The van der Waals surface area contributed by atoms with Gasteiger partial charge in [-0.25, -0.2) is 4.79 Å². The molecule has 0 spiro atoms. The van der Waals surface area contributed by atoms with E-state index in [-0.39, 0.29) is 5.97 Å². The second-order valence-corrected chi connectivity index (χ2v) is 4.85. The van der Waals surface area contributed by atoms with Crippen molar-refractivity contribution in [1.82, 2.24) is 4.98 Å². The number of carbonyl (C=O) groups is 1. The highest BCUT2D eigenvalue weighted by atomic mass is 16.6. The summed E-state index contributed by atoms with van der Waals surface area (Å²) in [5.74, 6) is -0.346. The van der Waals surface area contributed by atoms with Crippen LogP contribution in [0.1, 0.15) is 33.3 Å². The largest absolute Gasteiger partial charge is 0.458 e. The summed E-state index contributed by atoms with van der Waals surface area (Å²) in [6.07, 6.45) is 2.83. The van der Waals surface area contributed by atoms with Gasteiger partial charge in [0.2, 0.25) is 0 Å². The van der Waals surface area contributed by atoms with E-state index in [9.17, 15) is 4.79 Å². The van der Waals surface area contributed by atoms with Gasteiger partial charge in [-0.1, -0.05) is 6.07 Å². The van der Waals surface area contributed by atoms with Gasteiger partial charge >= 0.3 is 5.97 Å². The number of aromatic nitrogens is 1. The third-order valence-electron chi connectivity index (χ3n) is 1.96. The van der Waals surface area contributed by atoms with Gasteiger partial charge in [0.15, 0.2) is 6.10 Å². The first-order valence-corrected chi connectivity index (χ1v) is 5.62. The summed E-state index contributed by atoms with van der Waals surface area (Å²) in [6, 6.07) is 3.73. The van der Waals surface area contributed by atoms with Crippen molar-refractivity contribution in [3.05, 3.63) is 30.1 Å². The van der Waals surface area contributed by atoms with E-state index in [0.717, 1.165) is 5.56 Å². The minimum Gasteiger partial charge on any atom is -0.458 e. The maximum Gasteiger partial charge on any atom is 0.335 e. The minimum atomic E-state index is -0.575. The van der Waals surface area contributed by atoms with E-state index in [1.54, 1.807) is 19.3 Å². The number of pyridine rings is 1. The fraction of sp³-hybridized carbons (Fsp3) is 0.538. The van der Waals surface area contributed by atoms with Crippen molar-refractivity contribution in [2.45, 2.75) is 46.0 Å². The Morgan fingerprint density at radius 3 is 2.71 bits per heavy atom. The van der Waals surface area contributed by atoms with E-state index in [0.29, 0.717) is 6.61 Å². The maximum atomic E-state index is 11.6. The molecule has 0 saturated heterocycles. The van der Waals surface area contributed by atoms with Gasteiger partial charge in [0, 0.05) is 12.4 Å². The van der Waals surface area contributed by atoms with Crippen LogP contribution in [0.4, 0.5) is 0 Å². The molecule has 0 N–H and O–H groups in total. The number of carbonyl (C=O) groups excluding carboxylic acids is 1. The Bertz CT molecular complexity index is 357. The molecule has 4 nitrogen and oxygen atoms in total. The van der Waals surface area contributed by atoms with Crippen molar-refractivity contribution >= 4 is 5.97 Å². The van der Waals surface area contributed by atoms with Crippen molar-refractivity contribution in [2.24, 2.45) is 0 Å². The Hall–Kier alpha value is -1.42. The van der Waals surface area contributed by atoms with Gasteiger partial charge < -0.3 is 9.47 Å². The highest BCUT2D eigenvalue weighted by Crippen LogP contribution is 2.10. The van der Waals surface area contributed by atoms with Gasteiger partial charge in [-0.15, -0.1) is 0 Å². The van der Waals surface area contributed by atoms with Crippen LogP contribution < -0.4 is 0 Å². The molecule has 0 aliphatic carbocycles. The summed E-state index contributed by atoms with van der Waals surface area (Å²) in [6.45, 7) is 7.54. The summed E-state index contributed by atoms with van der Waals surface area (Å²) in [4.78, 5) is 15.6. The van der Waals surface area contributed by atoms with Crippen LogP contribution in [0.5, 0.6) is 0 Å². The van der Waals surface area contributed by atoms with E-state index in [2.05, 4.69) is 4.98 Å². The predicted molar refractivity (Wildman–Crippen MR) is 64.3 cm³/mol. The Balaban J connectivity index is 2.40. The molecule has 0 aromatic carbocycles. The molecule has 17 heavy (non-hydrogen) atoms. The van der Waals surface area contributed by atoms with Crippen molar-refractivity contribution in [1.29, 1.82) is 0 Å². The molecule has 1 aromatic heterocycles. The molecule has 1 atom stereocenters. The van der Waals surface area contributed by atoms with Crippen LogP contribution in [-0.4, -0.2) is 22.7 Å². The smallest absolute Gasteiger partial charge is 0.335 e. The lowest BCUT2D eigenvalue weighted by Crippen LogP contribution is -2.31. The van der Waals surface area contributed by atoms with E-state index < -0.39 is 11.7 Å². The van der Waals surface area contributed by atoms with Gasteiger partial charge in [0.05, 0.1) is 6.61 Å². The third-order valence-corrected chi connectivity index (χ3v) is 1.96. The van der Waals surface area contributed by atoms with Crippen LogP contribution in [-0.2, 0) is 20.9 Å². The maximum absolute atomic E-state index is 11.6. The quantitative estimate of drug-likeness (QED) is 0.754. The summed E-state index contributed by atoms with van der Waals surface area (Å²) in [7, 11) is 0. The monoisotopic (exact) mass is 237 g/mol. The zero-order valence-electron chi connectivity index (χ0n) is 10.8. The van der Waals surface area contributed by atoms with Crippen molar-refractivity contribution < 1.29 is 14.3 Å². The first-order chi connectivity index (χ1) is 7.88. The number of rotatable bonds is 4. The van der Waals surface area contributed by atoms with E-state index >= 15 is 0 Å². The zero-order chi connectivity index (χ0) is 12.9. The SMILES string of the molecule is CC(OCc1cccnc1)C(=O)OC(C)(C)C. The summed E-state index contributed by atoms with van der Waals surface area (Å²) in [5.41, 5.74) is 0.450. The van der Waals surface area contributed by atoms with Crippen LogP contribution in [0, 0.1) is 0 Å². The molecular formula is C13H19NO3. The zero-order valence-corrected chi connectivity index (χ0v) is 10.8. The summed E-state index contributed by atoms with van der Waals surface area (Å²) >= 11 is 0. The van der Waals surface area contributed by atoms with E-state index in [1.165, 1.54) is 0 Å². The normalized spacial score (nSPS) is 13.2. The van der Waals surface area contributed by atoms with Gasteiger partial charge in [-0.3, -0.25) is 4.98 Å². The van der Waals surface area contributed by atoms with Crippen molar-refractivity contribution in [2.75, 3.05) is 0 Å². The van der Waals surface area contributed by atoms with Crippen molar-refractivity contribution in [3.63, 3.8) is 0 Å². The lowest BCUT2D eigenvalue weighted by Gasteiger charge is -2.22. The average molecular weight is 237 g/mol. The van der Waals surface area contributed by atoms with Gasteiger partial charge in [-0.05, 0) is 39.3 Å². The fourth-order valence-electron chi connectivity index (χ4n) is 1.16. The lowest BCUT2D eigenvalue weighted by atomic mass is 10.2. The molecule has 0 amide bonds. The first-order valence-electron chi connectivity index (χ1n) is 5.62. The average Bonchev–Trinajstić information content (AvgIpc) is 2.25. The number of ether oxygens (including phenoxy) is 2. The number of hydrogen-bond acceptors (Lipinski definition) is 4. The topological polar surface area (TPSA) is 48.4 Å².